The summed E-state index contributed by atoms with van der Waals surface area (Å²) in [6.45, 7) is 3.62. The number of H-pyrrole nitrogens is 1. The molecule has 3 aromatic rings. The Morgan fingerprint density at radius 3 is 2.46 bits per heavy atom. The fraction of sp³-hybridized carbons (Fsp3) is 0.429. The normalized spacial score (nSPS) is 17.1. The Morgan fingerprint density at radius 2 is 1.79 bits per heavy atom. The Morgan fingerprint density at radius 1 is 1.08 bits per heavy atom. The summed E-state index contributed by atoms with van der Waals surface area (Å²) in [5.74, 6) is -5.11. The number of fused-ring (bicyclic) bond motifs is 1. The number of carbonyl (C=O) groups is 1. The average molecular weight is 547 g/mol. The number of pyridine rings is 1. The van der Waals surface area contributed by atoms with Crippen LogP contribution in [0.2, 0.25) is 0 Å². The maximum absolute atomic E-state index is 15.2. The lowest BCUT2D eigenvalue weighted by Crippen LogP contribution is -2.42. The number of benzene rings is 1. The third-order valence-electron chi connectivity index (χ3n) is 7.58. The number of halogens is 5. The summed E-state index contributed by atoms with van der Waals surface area (Å²) in [4.78, 5) is 38.9. The number of hydrogen-bond donors (Lipinski definition) is 1. The first kappa shape index (κ1) is 27.0. The van der Waals surface area contributed by atoms with Crippen molar-refractivity contribution in [1.29, 1.82) is 0 Å². The van der Waals surface area contributed by atoms with Crippen LogP contribution in [0, 0.1) is 0 Å². The van der Waals surface area contributed by atoms with Crippen LogP contribution < -0.4 is 5.56 Å². The average Bonchev–Trinajstić information content (AvgIpc) is 3.72. The van der Waals surface area contributed by atoms with Gasteiger partial charge < -0.3 is 9.88 Å². The third kappa shape index (κ3) is 4.94. The first-order valence-corrected chi connectivity index (χ1v) is 12.8. The zero-order valence-electron chi connectivity index (χ0n) is 21.4. The van der Waals surface area contributed by atoms with Crippen LogP contribution in [0.5, 0.6) is 0 Å². The molecule has 0 saturated heterocycles. The molecule has 2 aromatic heterocycles. The monoisotopic (exact) mass is 546 g/mol. The molecule has 0 atom stereocenters. The number of hydrogen-bond acceptors (Lipinski definition) is 4. The molecule has 206 valence electrons. The SMILES string of the molecule is CC(C)c1cncc(C2(c3nc4c(c(=O)[nH]3)CN(C(=O)C(F)(F)c3cccc(C(F)(F)F)c3)CCC4)CC2)c1. The van der Waals surface area contributed by atoms with Crippen LogP contribution in [0.1, 0.15) is 78.4 Å². The van der Waals surface area contributed by atoms with Gasteiger partial charge in [0, 0.05) is 24.5 Å². The molecule has 0 spiro atoms. The first-order valence-electron chi connectivity index (χ1n) is 12.8. The lowest BCUT2D eigenvalue weighted by molar-refractivity contribution is -0.160. The van der Waals surface area contributed by atoms with Gasteiger partial charge in [0.15, 0.2) is 0 Å². The van der Waals surface area contributed by atoms with Crippen LogP contribution in [-0.2, 0) is 35.3 Å². The molecule has 1 aliphatic carbocycles. The van der Waals surface area contributed by atoms with E-state index in [1.807, 2.05) is 0 Å². The summed E-state index contributed by atoms with van der Waals surface area (Å²) in [6, 6.07) is 4.64. The molecular weight excluding hydrogens is 519 g/mol. The van der Waals surface area contributed by atoms with E-state index < -0.39 is 46.7 Å². The maximum atomic E-state index is 15.2. The number of aryl methyl sites for hydroxylation is 1. The summed E-state index contributed by atoms with van der Waals surface area (Å²) in [5, 5.41) is 0. The lowest BCUT2D eigenvalue weighted by atomic mass is 9.93. The van der Waals surface area contributed by atoms with Crippen LogP contribution in [0.3, 0.4) is 0 Å². The molecule has 1 N–H and O–H groups in total. The van der Waals surface area contributed by atoms with Crippen molar-refractivity contribution in [3.63, 3.8) is 0 Å². The smallest absolute Gasteiger partial charge is 0.333 e. The molecule has 6 nitrogen and oxygen atoms in total. The van der Waals surface area contributed by atoms with Gasteiger partial charge in [0.2, 0.25) is 0 Å². The van der Waals surface area contributed by atoms with E-state index in [1.54, 1.807) is 12.4 Å². The predicted octanol–water partition coefficient (Wildman–Crippen LogP) is 5.45. The summed E-state index contributed by atoms with van der Waals surface area (Å²) >= 11 is 0. The molecule has 1 saturated carbocycles. The van der Waals surface area contributed by atoms with Crippen molar-refractivity contribution in [2.45, 2.75) is 69.5 Å². The molecule has 1 fully saturated rings. The van der Waals surface area contributed by atoms with Gasteiger partial charge in [-0.15, -0.1) is 0 Å². The van der Waals surface area contributed by atoms with Gasteiger partial charge >= 0.3 is 12.1 Å². The second-order valence-corrected chi connectivity index (χ2v) is 10.6. The molecule has 0 radical (unpaired) electrons. The minimum atomic E-state index is -4.83. The highest BCUT2D eigenvalue weighted by atomic mass is 19.4. The van der Waals surface area contributed by atoms with E-state index in [-0.39, 0.29) is 30.5 Å². The minimum absolute atomic E-state index is 0.0932. The van der Waals surface area contributed by atoms with E-state index in [0.29, 0.717) is 24.0 Å². The highest BCUT2D eigenvalue weighted by molar-refractivity contribution is 5.85. The van der Waals surface area contributed by atoms with Gasteiger partial charge in [0.25, 0.3) is 11.5 Å². The van der Waals surface area contributed by atoms with E-state index in [2.05, 4.69) is 29.9 Å². The topological polar surface area (TPSA) is 79.0 Å². The Hall–Kier alpha value is -3.63. The van der Waals surface area contributed by atoms with Gasteiger partial charge in [0.05, 0.1) is 28.8 Å². The number of nitrogens with one attached hydrogen (secondary N) is 1. The van der Waals surface area contributed by atoms with Crippen molar-refractivity contribution in [3.8, 4) is 0 Å². The Labute approximate surface area is 221 Å². The maximum Gasteiger partial charge on any atom is 0.416 e. The van der Waals surface area contributed by atoms with Crippen LogP contribution in [0.25, 0.3) is 0 Å². The van der Waals surface area contributed by atoms with Crippen LogP contribution >= 0.6 is 0 Å². The van der Waals surface area contributed by atoms with E-state index in [0.717, 1.165) is 41.0 Å². The zero-order chi connectivity index (χ0) is 28.2. The van der Waals surface area contributed by atoms with Crippen molar-refractivity contribution in [3.05, 3.63) is 92.4 Å². The van der Waals surface area contributed by atoms with Gasteiger partial charge in [-0.05, 0) is 54.9 Å². The number of aromatic amines is 1. The summed E-state index contributed by atoms with van der Waals surface area (Å²) < 4.78 is 69.5. The predicted molar refractivity (Wildman–Crippen MR) is 132 cm³/mol. The Bertz CT molecular complexity index is 1480. The molecular formula is C28H27F5N4O2. The van der Waals surface area contributed by atoms with Gasteiger partial charge in [-0.3, -0.25) is 14.6 Å². The number of nitrogens with zero attached hydrogens (tertiary/aromatic N) is 3. The molecule has 5 rings (SSSR count). The van der Waals surface area contributed by atoms with Crippen molar-refractivity contribution in [2.75, 3.05) is 6.54 Å². The van der Waals surface area contributed by atoms with Gasteiger partial charge in [0.1, 0.15) is 5.82 Å². The van der Waals surface area contributed by atoms with E-state index in [1.165, 1.54) is 0 Å². The molecule has 0 bridgehead atoms. The fourth-order valence-electron chi connectivity index (χ4n) is 5.06. The van der Waals surface area contributed by atoms with Crippen molar-refractivity contribution < 1.29 is 26.7 Å². The second kappa shape index (κ2) is 9.53. The number of rotatable bonds is 5. The quantitative estimate of drug-likeness (QED) is 0.432. The fourth-order valence-corrected chi connectivity index (χ4v) is 5.06. The summed E-state index contributed by atoms with van der Waals surface area (Å²) in [5.41, 5.74) is -0.775. The number of alkyl halides is 5. The van der Waals surface area contributed by atoms with E-state index >= 15 is 8.78 Å². The Balaban J connectivity index is 1.44. The van der Waals surface area contributed by atoms with E-state index in [9.17, 15) is 22.8 Å². The largest absolute Gasteiger partial charge is 0.416 e. The molecule has 1 aliphatic heterocycles. The minimum Gasteiger partial charge on any atom is -0.333 e. The molecule has 1 aromatic carbocycles. The highest BCUT2D eigenvalue weighted by Gasteiger charge is 2.50. The molecule has 0 unspecified atom stereocenters. The summed E-state index contributed by atoms with van der Waals surface area (Å²) in [7, 11) is 0. The van der Waals surface area contributed by atoms with Crippen molar-refractivity contribution in [1.82, 2.24) is 19.9 Å². The molecule has 11 heteroatoms. The van der Waals surface area contributed by atoms with E-state index in [4.69, 9.17) is 4.98 Å². The van der Waals surface area contributed by atoms with Gasteiger partial charge in [-0.25, -0.2) is 4.98 Å². The standard InChI is InChI=1S/C28H27F5N4O2/c1-16(2)17-11-20(14-34-13-17)26(8-9-26)24-35-22-7-4-10-37(15-21(22)23(38)36-24)25(39)27(29,30)18-5-3-6-19(12-18)28(31,32)33/h3,5-6,11-14,16H,4,7-10,15H2,1-2H3,(H,35,36,38). The second-order valence-electron chi connectivity index (χ2n) is 10.6. The molecule has 39 heavy (non-hydrogen) atoms. The Kier molecular flexibility index (Phi) is 6.59. The third-order valence-corrected chi connectivity index (χ3v) is 7.58. The highest BCUT2D eigenvalue weighted by Crippen LogP contribution is 2.52. The van der Waals surface area contributed by atoms with Crippen LogP contribution in [-0.4, -0.2) is 32.3 Å². The number of carbonyl (C=O) groups excluding carboxylic acids is 1. The number of aromatic nitrogens is 3. The van der Waals surface area contributed by atoms with Crippen molar-refractivity contribution in [2.24, 2.45) is 0 Å². The lowest BCUT2D eigenvalue weighted by Gasteiger charge is -2.26. The van der Waals surface area contributed by atoms with Crippen molar-refractivity contribution >= 4 is 5.91 Å². The summed E-state index contributed by atoms with van der Waals surface area (Å²) in [6.07, 6.45) is 0.839. The molecule has 1 amide bonds. The first-order chi connectivity index (χ1) is 18.3. The van der Waals surface area contributed by atoms with Gasteiger partial charge in [-0.2, -0.15) is 22.0 Å². The van der Waals surface area contributed by atoms with Crippen LogP contribution in [0.15, 0.2) is 47.5 Å². The van der Waals surface area contributed by atoms with Crippen LogP contribution in [0.4, 0.5) is 22.0 Å². The van der Waals surface area contributed by atoms with Gasteiger partial charge in [-0.1, -0.05) is 32.0 Å². The molecule has 2 aliphatic rings. The zero-order valence-corrected chi connectivity index (χ0v) is 21.4. The molecule has 3 heterocycles. The number of amides is 1.